The summed E-state index contributed by atoms with van der Waals surface area (Å²) in [7, 11) is 0. The van der Waals surface area contributed by atoms with Crippen LogP contribution < -0.4 is 4.90 Å². The zero-order valence-corrected chi connectivity index (χ0v) is 30.1. The van der Waals surface area contributed by atoms with Gasteiger partial charge in [-0.05, 0) is 115 Å². The number of para-hydroxylation sites is 1. The van der Waals surface area contributed by atoms with Crippen LogP contribution in [0.25, 0.3) is 44.5 Å². The molecule has 0 aromatic heterocycles. The van der Waals surface area contributed by atoms with Crippen molar-refractivity contribution in [2.45, 2.75) is 24.7 Å². The number of hydrogen-bond acceptors (Lipinski definition) is 1. The average Bonchev–Trinajstić information content (AvgIpc) is 3.76. The Morgan fingerprint density at radius 1 is 0.370 bits per heavy atom. The van der Waals surface area contributed by atoms with E-state index in [2.05, 4.69) is 183 Å². The lowest BCUT2D eigenvalue weighted by molar-refractivity contribution is 0.622. The lowest BCUT2D eigenvalue weighted by atomic mass is 9.70. The van der Waals surface area contributed by atoms with Gasteiger partial charge in [-0.1, -0.05) is 153 Å². The summed E-state index contributed by atoms with van der Waals surface area (Å²) in [6.07, 6.45) is 0. The Morgan fingerprint density at radius 3 is 1.46 bits per heavy atom. The van der Waals surface area contributed by atoms with E-state index >= 15 is 4.39 Å². The number of benzene rings is 8. The molecule has 0 amide bonds. The van der Waals surface area contributed by atoms with Gasteiger partial charge in [0.15, 0.2) is 0 Å². The van der Waals surface area contributed by atoms with Crippen molar-refractivity contribution >= 4 is 17.1 Å². The number of halogens is 1. The topological polar surface area (TPSA) is 3.24 Å². The van der Waals surface area contributed by atoms with Crippen molar-refractivity contribution in [3.63, 3.8) is 0 Å². The fourth-order valence-corrected chi connectivity index (χ4v) is 10.0. The van der Waals surface area contributed by atoms with Gasteiger partial charge in [0.25, 0.3) is 0 Å². The van der Waals surface area contributed by atoms with E-state index in [0.717, 1.165) is 44.9 Å². The van der Waals surface area contributed by atoms with Crippen LogP contribution in [0.1, 0.15) is 47.2 Å². The highest BCUT2D eigenvalue weighted by Crippen LogP contribution is 2.63. The molecule has 8 aromatic rings. The normalized spacial score (nSPS) is 14.5. The van der Waals surface area contributed by atoms with Crippen molar-refractivity contribution in [3.8, 4) is 44.5 Å². The van der Waals surface area contributed by atoms with E-state index in [-0.39, 0.29) is 11.2 Å². The molecule has 54 heavy (non-hydrogen) atoms. The van der Waals surface area contributed by atoms with Gasteiger partial charge in [-0.15, -0.1) is 0 Å². The van der Waals surface area contributed by atoms with E-state index in [9.17, 15) is 0 Å². The van der Waals surface area contributed by atoms with E-state index in [4.69, 9.17) is 0 Å². The predicted octanol–water partition coefficient (Wildman–Crippen LogP) is 13.6. The predicted molar refractivity (Wildman–Crippen MR) is 220 cm³/mol. The molecule has 0 saturated carbocycles. The van der Waals surface area contributed by atoms with Crippen LogP contribution in [0.5, 0.6) is 0 Å². The largest absolute Gasteiger partial charge is 0.310 e. The highest BCUT2D eigenvalue weighted by Gasteiger charge is 2.52. The van der Waals surface area contributed by atoms with Gasteiger partial charge in [0.2, 0.25) is 0 Å². The quantitative estimate of drug-likeness (QED) is 0.177. The van der Waals surface area contributed by atoms with Gasteiger partial charge in [-0.25, -0.2) is 4.39 Å². The minimum absolute atomic E-state index is 0.155. The summed E-state index contributed by atoms with van der Waals surface area (Å²) in [6.45, 7) is 4.68. The molecule has 0 N–H and O–H groups in total. The Hall–Kier alpha value is -6.51. The molecule has 2 heteroatoms. The van der Waals surface area contributed by atoms with E-state index < -0.39 is 5.41 Å². The third kappa shape index (κ3) is 4.08. The maximum absolute atomic E-state index is 15.5. The lowest BCUT2D eigenvalue weighted by Gasteiger charge is -2.33. The van der Waals surface area contributed by atoms with Crippen molar-refractivity contribution in [2.24, 2.45) is 0 Å². The second kappa shape index (κ2) is 11.2. The van der Waals surface area contributed by atoms with Crippen molar-refractivity contribution in [1.82, 2.24) is 0 Å². The second-order valence-corrected chi connectivity index (χ2v) is 15.4. The van der Waals surface area contributed by atoms with E-state index in [1.54, 1.807) is 12.1 Å². The molecule has 1 spiro atoms. The molecule has 3 aliphatic carbocycles. The summed E-state index contributed by atoms with van der Waals surface area (Å²) in [6, 6.07) is 64.9. The summed E-state index contributed by atoms with van der Waals surface area (Å²) in [5.74, 6) is -0.219. The first-order valence-electron chi connectivity index (χ1n) is 18.8. The van der Waals surface area contributed by atoms with E-state index in [1.807, 2.05) is 6.07 Å². The van der Waals surface area contributed by atoms with Crippen molar-refractivity contribution in [3.05, 3.63) is 221 Å². The highest BCUT2D eigenvalue weighted by molar-refractivity contribution is 5.97. The van der Waals surface area contributed by atoms with Crippen molar-refractivity contribution in [2.75, 3.05) is 4.90 Å². The molecule has 0 unspecified atom stereocenters. The zero-order valence-electron chi connectivity index (χ0n) is 30.1. The van der Waals surface area contributed by atoms with Crippen LogP contribution >= 0.6 is 0 Å². The first-order valence-corrected chi connectivity index (χ1v) is 18.8. The summed E-state index contributed by atoms with van der Waals surface area (Å²) in [4.78, 5) is 2.44. The Balaban J connectivity index is 1.20. The molecule has 0 saturated heterocycles. The number of fused-ring (bicyclic) bond motifs is 13. The van der Waals surface area contributed by atoms with Gasteiger partial charge in [0.1, 0.15) is 5.82 Å². The van der Waals surface area contributed by atoms with Crippen LogP contribution in [0.2, 0.25) is 0 Å². The third-order valence-corrected chi connectivity index (χ3v) is 12.3. The van der Waals surface area contributed by atoms with Gasteiger partial charge in [0.05, 0.1) is 11.1 Å². The Labute approximate surface area is 315 Å². The van der Waals surface area contributed by atoms with Crippen LogP contribution in [0.15, 0.2) is 182 Å². The number of anilines is 3. The number of nitrogens with zero attached hydrogens (tertiary/aromatic N) is 1. The molecule has 0 radical (unpaired) electrons. The second-order valence-electron chi connectivity index (χ2n) is 15.4. The molecular weight excluding hydrogens is 658 g/mol. The SMILES string of the molecule is CC1(C)c2ccccc2-c2ccc(N(c3ccc4c(c3)C3(c5ccccc5-c5ccccc53)c3cc(F)ccc3-4)c3ccccc3-c3ccccc3)cc21. The van der Waals surface area contributed by atoms with Crippen molar-refractivity contribution < 1.29 is 4.39 Å². The molecular formula is C52H36FN. The van der Waals surface area contributed by atoms with E-state index in [1.165, 1.54) is 50.1 Å². The van der Waals surface area contributed by atoms with Crippen LogP contribution in [-0.2, 0) is 10.8 Å². The Morgan fingerprint density at radius 2 is 0.815 bits per heavy atom. The van der Waals surface area contributed by atoms with Crippen LogP contribution in [-0.4, -0.2) is 0 Å². The molecule has 256 valence electrons. The van der Waals surface area contributed by atoms with Crippen LogP contribution in [0, 0.1) is 5.82 Å². The van der Waals surface area contributed by atoms with Crippen LogP contribution in [0.3, 0.4) is 0 Å². The Kier molecular flexibility index (Phi) is 6.47. The highest BCUT2D eigenvalue weighted by atomic mass is 19.1. The molecule has 0 bridgehead atoms. The average molecular weight is 694 g/mol. The van der Waals surface area contributed by atoms with Gasteiger partial charge in [-0.3, -0.25) is 0 Å². The molecule has 0 atom stereocenters. The summed E-state index contributed by atoms with van der Waals surface area (Å²) in [5, 5.41) is 0. The molecule has 8 aromatic carbocycles. The van der Waals surface area contributed by atoms with Crippen molar-refractivity contribution in [1.29, 1.82) is 0 Å². The maximum Gasteiger partial charge on any atom is 0.123 e. The van der Waals surface area contributed by atoms with Gasteiger partial charge in [0, 0.05) is 22.4 Å². The fraction of sp³-hybridized carbons (Fsp3) is 0.0769. The standard InChI is InChI=1S/C52H36FN/c1-51(2)44-20-10-6-17-38(44)41-28-25-35(31-47(41)51)54(50-23-13-9-16-37(50)33-14-4-3-5-15-33)36-26-29-43-42-27-24-34(53)30-48(42)52(49(43)32-36)45-21-11-7-18-39(45)40-19-8-12-22-46(40)52/h3-32H,1-2H3. The first kappa shape index (κ1) is 31.1. The van der Waals surface area contributed by atoms with Gasteiger partial charge < -0.3 is 4.90 Å². The molecule has 0 aliphatic heterocycles. The third-order valence-electron chi connectivity index (χ3n) is 12.3. The summed E-state index contributed by atoms with van der Waals surface area (Å²) in [5.41, 5.74) is 19.2. The zero-order chi connectivity index (χ0) is 36.2. The molecule has 1 nitrogen and oxygen atoms in total. The number of hydrogen-bond donors (Lipinski definition) is 0. The molecule has 0 heterocycles. The Bertz CT molecular complexity index is 2780. The number of rotatable bonds is 4. The smallest absolute Gasteiger partial charge is 0.123 e. The monoisotopic (exact) mass is 693 g/mol. The lowest BCUT2D eigenvalue weighted by Crippen LogP contribution is -2.26. The van der Waals surface area contributed by atoms with Crippen LogP contribution in [0.4, 0.5) is 21.5 Å². The summed E-state index contributed by atoms with van der Waals surface area (Å²) < 4.78 is 15.5. The minimum atomic E-state index is -0.665. The van der Waals surface area contributed by atoms with Gasteiger partial charge in [-0.2, -0.15) is 0 Å². The first-order chi connectivity index (χ1) is 26.5. The maximum atomic E-state index is 15.5. The van der Waals surface area contributed by atoms with E-state index in [0.29, 0.717) is 0 Å². The fourth-order valence-electron chi connectivity index (χ4n) is 10.0. The molecule has 11 rings (SSSR count). The van der Waals surface area contributed by atoms with Gasteiger partial charge >= 0.3 is 0 Å². The molecule has 0 fully saturated rings. The molecule has 3 aliphatic rings. The summed E-state index contributed by atoms with van der Waals surface area (Å²) >= 11 is 0. The minimum Gasteiger partial charge on any atom is -0.310 e.